The molecule has 5 heteroatoms. The SMILES string of the molecule is NC(=O)c1cncc(C[C@@H]2CC(=O)N(c3ccccc3)C2)c1. The van der Waals surface area contributed by atoms with Gasteiger partial charge in [-0.3, -0.25) is 14.6 Å². The van der Waals surface area contributed by atoms with Crippen LogP contribution in [0.5, 0.6) is 0 Å². The van der Waals surface area contributed by atoms with Gasteiger partial charge in [0.25, 0.3) is 0 Å². The number of benzene rings is 1. The summed E-state index contributed by atoms with van der Waals surface area (Å²) in [6.07, 6.45) is 4.41. The molecule has 3 rings (SSSR count). The zero-order valence-electron chi connectivity index (χ0n) is 12.1. The Hall–Kier alpha value is -2.69. The monoisotopic (exact) mass is 295 g/mol. The van der Waals surface area contributed by atoms with Crippen molar-refractivity contribution in [1.82, 2.24) is 4.98 Å². The molecule has 1 aliphatic rings. The number of rotatable bonds is 4. The van der Waals surface area contributed by atoms with E-state index in [1.807, 2.05) is 35.2 Å². The lowest BCUT2D eigenvalue weighted by molar-refractivity contribution is -0.117. The third-order valence-electron chi connectivity index (χ3n) is 3.88. The van der Waals surface area contributed by atoms with E-state index in [2.05, 4.69) is 4.98 Å². The van der Waals surface area contributed by atoms with Crippen molar-refractivity contribution in [2.45, 2.75) is 12.8 Å². The van der Waals surface area contributed by atoms with Crippen LogP contribution in [0, 0.1) is 5.92 Å². The van der Waals surface area contributed by atoms with E-state index in [0.717, 1.165) is 11.3 Å². The van der Waals surface area contributed by atoms with Gasteiger partial charge in [-0.05, 0) is 36.1 Å². The van der Waals surface area contributed by atoms with Gasteiger partial charge < -0.3 is 10.6 Å². The molecule has 1 fully saturated rings. The first-order chi connectivity index (χ1) is 10.6. The molecular formula is C17H17N3O2. The van der Waals surface area contributed by atoms with E-state index in [1.54, 1.807) is 12.3 Å². The Morgan fingerprint density at radius 2 is 2.05 bits per heavy atom. The number of carbonyl (C=O) groups excluding carboxylic acids is 2. The predicted octanol–water partition coefficient (Wildman–Crippen LogP) is 1.78. The number of aromatic nitrogens is 1. The number of nitrogens with zero attached hydrogens (tertiary/aromatic N) is 2. The fraction of sp³-hybridized carbons (Fsp3) is 0.235. The number of hydrogen-bond donors (Lipinski definition) is 1. The fourth-order valence-corrected chi connectivity index (χ4v) is 2.84. The van der Waals surface area contributed by atoms with E-state index in [9.17, 15) is 9.59 Å². The molecule has 1 aliphatic heterocycles. The van der Waals surface area contributed by atoms with Crippen LogP contribution in [0.1, 0.15) is 22.3 Å². The molecule has 0 saturated carbocycles. The average Bonchev–Trinajstić information content (AvgIpc) is 2.89. The van der Waals surface area contributed by atoms with Gasteiger partial charge in [0.2, 0.25) is 11.8 Å². The number of para-hydroxylation sites is 1. The van der Waals surface area contributed by atoms with Crippen molar-refractivity contribution in [3.63, 3.8) is 0 Å². The normalized spacial score (nSPS) is 17.7. The molecule has 0 radical (unpaired) electrons. The minimum atomic E-state index is -0.484. The maximum Gasteiger partial charge on any atom is 0.250 e. The average molecular weight is 295 g/mol. The number of pyridine rings is 1. The van der Waals surface area contributed by atoms with Gasteiger partial charge in [0, 0.05) is 31.0 Å². The molecule has 2 N–H and O–H groups in total. The van der Waals surface area contributed by atoms with E-state index >= 15 is 0 Å². The minimum Gasteiger partial charge on any atom is -0.366 e. The Bertz CT molecular complexity index is 700. The highest BCUT2D eigenvalue weighted by atomic mass is 16.2. The highest BCUT2D eigenvalue weighted by Gasteiger charge is 2.30. The van der Waals surface area contributed by atoms with Crippen LogP contribution in [0.4, 0.5) is 5.69 Å². The van der Waals surface area contributed by atoms with Crippen LogP contribution in [0.2, 0.25) is 0 Å². The van der Waals surface area contributed by atoms with Gasteiger partial charge in [0.05, 0.1) is 5.56 Å². The summed E-state index contributed by atoms with van der Waals surface area (Å²) >= 11 is 0. The second-order valence-electron chi connectivity index (χ2n) is 5.56. The molecule has 2 heterocycles. The minimum absolute atomic E-state index is 0.134. The fourth-order valence-electron chi connectivity index (χ4n) is 2.84. The molecular weight excluding hydrogens is 278 g/mol. The zero-order chi connectivity index (χ0) is 15.5. The molecule has 112 valence electrons. The van der Waals surface area contributed by atoms with Crippen molar-refractivity contribution in [3.8, 4) is 0 Å². The summed E-state index contributed by atoms with van der Waals surface area (Å²) in [5.74, 6) is -0.129. The molecule has 0 bridgehead atoms. The topological polar surface area (TPSA) is 76.3 Å². The van der Waals surface area contributed by atoms with Crippen LogP contribution in [0.3, 0.4) is 0 Å². The smallest absolute Gasteiger partial charge is 0.250 e. The van der Waals surface area contributed by atoms with Gasteiger partial charge >= 0.3 is 0 Å². The number of amides is 2. The summed E-state index contributed by atoms with van der Waals surface area (Å²) in [6.45, 7) is 0.684. The summed E-state index contributed by atoms with van der Waals surface area (Å²) < 4.78 is 0. The van der Waals surface area contributed by atoms with E-state index < -0.39 is 5.91 Å². The summed E-state index contributed by atoms with van der Waals surface area (Å²) in [5.41, 5.74) is 7.54. The highest BCUT2D eigenvalue weighted by molar-refractivity contribution is 5.95. The molecule has 1 atom stereocenters. The predicted molar refractivity (Wildman–Crippen MR) is 83.4 cm³/mol. The molecule has 1 aromatic carbocycles. The van der Waals surface area contributed by atoms with Crippen LogP contribution in [-0.2, 0) is 11.2 Å². The lowest BCUT2D eigenvalue weighted by Gasteiger charge is -2.16. The van der Waals surface area contributed by atoms with Gasteiger partial charge in [-0.1, -0.05) is 18.2 Å². The van der Waals surface area contributed by atoms with Crippen molar-refractivity contribution in [1.29, 1.82) is 0 Å². The van der Waals surface area contributed by atoms with Crippen LogP contribution in [0.25, 0.3) is 0 Å². The standard InChI is InChI=1S/C17H17N3O2/c18-17(22)14-7-12(9-19-10-14)6-13-8-16(21)20(11-13)15-4-2-1-3-5-15/h1-5,7,9-10,13H,6,8,11H2,(H2,18,22)/t13-/m1/s1. The van der Waals surface area contributed by atoms with Gasteiger partial charge in [-0.25, -0.2) is 0 Å². The van der Waals surface area contributed by atoms with Crippen LogP contribution in [0.15, 0.2) is 48.8 Å². The first-order valence-electron chi connectivity index (χ1n) is 7.22. The molecule has 2 aromatic rings. The highest BCUT2D eigenvalue weighted by Crippen LogP contribution is 2.27. The molecule has 22 heavy (non-hydrogen) atoms. The van der Waals surface area contributed by atoms with Crippen molar-refractivity contribution in [2.75, 3.05) is 11.4 Å². The number of nitrogens with two attached hydrogens (primary N) is 1. The summed E-state index contributed by atoms with van der Waals surface area (Å²) in [6, 6.07) is 11.4. The second-order valence-corrected chi connectivity index (χ2v) is 5.56. The quantitative estimate of drug-likeness (QED) is 0.934. The van der Waals surface area contributed by atoms with Crippen LogP contribution < -0.4 is 10.6 Å². The first-order valence-corrected chi connectivity index (χ1v) is 7.22. The molecule has 1 saturated heterocycles. The van der Waals surface area contributed by atoms with Crippen molar-refractivity contribution in [3.05, 3.63) is 59.9 Å². The van der Waals surface area contributed by atoms with Crippen LogP contribution >= 0.6 is 0 Å². The largest absolute Gasteiger partial charge is 0.366 e. The number of anilines is 1. The molecule has 2 amide bonds. The van der Waals surface area contributed by atoms with E-state index in [-0.39, 0.29) is 11.8 Å². The van der Waals surface area contributed by atoms with Crippen molar-refractivity contribution in [2.24, 2.45) is 11.7 Å². The zero-order valence-corrected chi connectivity index (χ0v) is 12.1. The number of primary amides is 1. The molecule has 0 aliphatic carbocycles. The maximum absolute atomic E-state index is 12.2. The van der Waals surface area contributed by atoms with Gasteiger partial charge in [0.1, 0.15) is 0 Å². The van der Waals surface area contributed by atoms with Crippen molar-refractivity contribution < 1.29 is 9.59 Å². The Kier molecular flexibility index (Phi) is 3.87. The first kappa shape index (κ1) is 14.3. The Balaban J connectivity index is 1.71. The molecule has 0 unspecified atom stereocenters. The van der Waals surface area contributed by atoms with Crippen molar-refractivity contribution >= 4 is 17.5 Å². The van der Waals surface area contributed by atoms with E-state index in [1.165, 1.54) is 6.20 Å². The third kappa shape index (κ3) is 2.98. The lowest BCUT2D eigenvalue weighted by atomic mass is 9.99. The Morgan fingerprint density at radius 1 is 1.27 bits per heavy atom. The van der Waals surface area contributed by atoms with Gasteiger partial charge in [-0.2, -0.15) is 0 Å². The maximum atomic E-state index is 12.2. The Labute approximate surface area is 128 Å². The number of carbonyl (C=O) groups is 2. The summed E-state index contributed by atoms with van der Waals surface area (Å²) in [5, 5.41) is 0. The molecule has 1 aromatic heterocycles. The number of hydrogen-bond acceptors (Lipinski definition) is 3. The van der Waals surface area contributed by atoms with Gasteiger partial charge in [-0.15, -0.1) is 0 Å². The van der Waals surface area contributed by atoms with E-state index in [4.69, 9.17) is 5.73 Å². The lowest BCUT2D eigenvalue weighted by Crippen LogP contribution is -2.24. The molecule has 5 nitrogen and oxygen atoms in total. The van der Waals surface area contributed by atoms with E-state index in [0.29, 0.717) is 24.9 Å². The summed E-state index contributed by atoms with van der Waals surface area (Å²) in [4.78, 5) is 29.2. The second kappa shape index (κ2) is 5.97. The Morgan fingerprint density at radius 3 is 2.77 bits per heavy atom. The summed E-state index contributed by atoms with van der Waals surface area (Å²) in [7, 11) is 0. The molecule has 0 spiro atoms. The van der Waals surface area contributed by atoms with Gasteiger partial charge in [0.15, 0.2) is 0 Å². The third-order valence-corrected chi connectivity index (χ3v) is 3.88. The van der Waals surface area contributed by atoms with Crippen LogP contribution in [-0.4, -0.2) is 23.3 Å².